The first-order valence-corrected chi connectivity index (χ1v) is 9.67. The van der Waals surface area contributed by atoms with Crippen LogP contribution in [0.2, 0.25) is 5.02 Å². The predicted molar refractivity (Wildman–Crippen MR) is 108 cm³/mol. The average molecular weight is 441 g/mol. The van der Waals surface area contributed by atoms with Crippen molar-refractivity contribution < 1.29 is 23.5 Å². The Morgan fingerprint density at radius 2 is 2.17 bits per heavy atom. The van der Waals surface area contributed by atoms with Crippen LogP contribution in [0.25, 0.3) is 10.9 Å². The molecular weight excluding hydrogens is 422 g/mol. The van der Waals surface area contributed by atoms with Gasteiger partial charge >= 0.3 is 5.97 Å². The van der Waals surface area contributed by atoms with E-state index in [0.717, 1.165) is 12.3 Å². The lowest BCUT2D eigenvalue weighted by Crippen LogP contribution is -2.49. The summed E-state index contributed by atoms with van der Waals surface area (Å²) in [5.74, 6) is -2.26. The number of piperidine rings is 1. The minimum atomic E-state index is -1.47. The Morgan fingerprint density at radius 1 is 1.47 bits per heavy atom. The molecule has 2 aromatic rings. The SMILES string of the molecule is CON=C1CCN(c2c(F)cc3c(=O)c(C(=O)O)cn([C@@H]4C[C@@H]4F)c3c2Cl)CC1N. The molecule has 1 saturated heterocycles. The molecule has 0 bridgehead atoms. The number of fused-ring (bicyclic) bond motifs is 1. The van der Waals surface area contributed by atoms with E-state index in [9.17, 15) is 19.1 Å². The lowest BCUT2D eigenvalue weighted by atomic mass is 10.0. The number of aromatic nitrogens is 1. The first-order chi connectivity index (χ1) is 14.2. The van der Waals surface area contributed by atoms with Crippen molar-refractivity contribution in [1.82, 2.24) is 4.57 Å². The van der Waals surface area contributed by atoms with Gasteiger partial charge in [0.05, 0.1) is 39.4 Å². The van der Waals surface area contributed by atoms with E-state index in [-0.39, 0.29) is 34.6 Å². The molecule has 4 rings (SSSR count). The topological polar surface area (TPSA) is 110 Å². The molecule has 1 aromatic heterocycles. The fourth-order valence-electron chi connectivity index (χ4n) is 3.88. The zero-order valence-electron chi connectivity index (χ0n) is 15.9. The second kappa shape index (κ2) is 7.51. The Bertz CT molecular complexity index is 1140. The molecule has 2 fully saturated rings. The molecule has 2 heterocycles. The van der Waals surface area contributed by atoms with Gasteiger partial charge in [0.2, 0.25) is 5.43 Å². The predicted octanol–water partition coefficient (Wildman–Crippen LogP) is 2.31. The fourth-order valence-corrected chi connectivity index (χ4v) is 4.29. The highest BCUT2D eigenvalue weighted by Gasteiger charge is 2.41. The number of pyridine rings is 1. The van der Waals surface area contributed by atoms with Gasteiger partial charge in [-0.25, -0.2) is 13.6 Å². The number of carboxylic acid groups (broad SMARTS) is 1. The molecule has 0 spiro atoms. The summed E-state index contributed by atoms with van der Waals surface area (Å²) in [6, 6.07) is -0.215. The molecule has 30 heavy (non-hydrogen) atoms. The van der Waals surface area contributed by atoms with Gasteiger partial charge in [0.15, 0.2) is 0 Å². The molecule has 160 valence electrons. The molecule has 1 aromatic carbocycles. The van der Waals surface area contributed by atoms with Crippen LogP contribution >= 0.6 is 11.6 Å². The fraction of sp³-hybridized carbons (Fsp3) is 0.421. The summed E-state index contributed by atoms with van der Waals surface area (Å²) in [4.78, 5) is 30.5. The summed E-state index contributed by atoms with van der Waals surface area (Å²) < 4.78 is 30.3. The van der Waals surface area contributed by atoms with Crippen molar-refractivity contribution in [3.05, 3.63) is 38.9 Å². The molecule has 1 saturated carbocycles. The van der Waals surface area contributed by atoms with Gasteiger partial charge in [0.1, 0.15) is 24.7 Å². The van der Waals surface area contributed by atoms with Gasteiger partial charge in [-0.1, -0.05) is 16.8 Å². The van der Waals surface area contributed by atoms with Crippen LogP contribution < -0.4 is 16.1 Å². The van der Waals surface area contributed by atoms with E-state index < -0.39 is 41.0 Å². The van der Waals surface area contributed by atoms with Gasteiger partial charge in [0, 0.05) is 32.1 Å². The lowest BCUT2D eigenvalue weighted by Gasteiger charge is -2.34. The number of benzene rings is 1. The molecule has 1 aliphatic heterocycles. The summed E-state index contributed by atoms with van der Waals surface area (Å²) in [7, 11) is 1.41. The monoisotopic (exact) mass is 440 g/mol. The number of hydrogen-bond donors (Lipinski definition) is 2. The van der Waals surface area contributed by atoms with Crippen LogP contribution in [0.1, 0.15) is 29.2 Å². The van der Waals surface area contributed by atoms with E-state index in [0.29, 0.717) is 18.7 Å². The van der Waals surface area contributed by atoms with Gasteiger partial charge in [-0.15, -0.1) is 0 Å². The maximum absolute atomic E-state index is 15.1. The minimum absolute atomic E-state index is 0.0309. The van der Waals surface area contributed by atoms with E-state index in [4.69, 9.17) is 22.2 Å². The van der Waals surface area contributed by atoms with Crippen LogP contribution in [-0.2, 0) is 4.84 Å². The smallest absolute Gasteiger partial charge is 0.341 e. The van der Waals surface area contributed by atoms with Crippen LogP contribution in [0.5, 0.6) is 0 Å². The van der Waals surface area contributed by atoms with E-state index in [2.05, 4.69) is 5.16 Å². The third-order valence-electron chi connectivity index (χ3n) is 5.46. The first kappa shape index (κ1) is 20.5. The number of carboxylic acids is 1. The van der Waals surface area contributed by atoms with E-state index in [1.165, 1.54) is 11.7 Å². The third-order valence-corrected chi connectivity index (χ3v) is 5.82. The Balaban J connectivity index is 1.89. The van der Waals surface area contributed by atoms with Crippen molar-refractivity contribution in [3.63, 3.8) is 0 Å². The van der Waals surface area contributed by atoms with Crippen LogP contribution in [0.4, 0.5) is 14.5 Å². The number of nitrogens with zero attached hydrogens (tertiary/aromatic N) is 3. The van der Waals surface area contributed by atoms with E-state index >= 15 is 4.39 Å². The number of alkyl halides is 1. The average Bonchev–Trinajstić information content (AvgIpc) is 3.41. The summed E-state index contributed by atoms with van der Waals surface area (Å²) >= 11 is 6.55. The maximum Gasteiger partial charge on any atom is 0.341 e. The standard InChI is InChI=1S/C19H19ClF2N4O4/c1-30-24-13-2-3-25(7-12(13)23)17-11(22)4-8-16(15(17)20)26(14-5-10(14)21)6-9(18(8)27)19(28)29/h4,6,10,12,14H,2-3,5,7,23H2,1H3,(H,28,29)/t10-,12?,14+/m0/s1. The van der Waals surface area contributed by atoms with Crippen LogP contribution in [-0.4, -0.2) is 53.8 Å². The molecule has 0 radical (unpaired) electrons. The summed E-state index contributed by atoms with van der Waals surface area (Å²) in [5, 5.41) is 12.9. The summed E-state index contributed by atoms with van der Waals surface area (Å²) in [6.07, 6.45) is 0.461. The van der Waals surface area contributed by atoms with Gasteiger partial charge in [0.25, 0.3) is 0 Å². The maximum atomic E-state index is 15.1. The molecule has 3 atom stereocenters. The van der Waals surface area contributed by atoms with E-state index in [1.807, 2.05) is 0 Å². The molecule has 2 aliphatic rings. The molecule has 1 aliphatic carbocycles. The second-order valence-corrected chi connectivity index (χ2v) is 7.77. The largest absolute Gasteiger partial charge is 0.477 e. The van der Waals surface area contributed by atoms with E-state index in [1.54, 1.807) is 4.90 Å². The number of hydrogen-bond acceptors (Lipinski definition) is 6. The van der Waals surface area contributed by atoms with Crippen LogP contribution in [0, 0.1) is 5.82 Å². The Labute approximate surface area is 174 Å². The second-order valence-electron chi connectivity index (χ2n) is 7.39. The molecule has 0 amide bonds. The Hall–Kier alpha value is -2.72. The van der Waals surface area contributed by atoms with Crippen molar-refractivity contribution in [3.8, 4) is 0 Å². The number of anilines is 1. The lowest BCUT2D eigenvalue weighted by molar-refractivity contribution is 0.0694. The van der Waals surface area contributed by atoms with Gasteiger partial charge in [-0.2, -0.15) is 0 Å². The van der Waals surface area contributed by atoms with Crippen LogP contribution in [0.15, 0.2) is 22.2 Å². The number of rotatable bonds is 4. The van der Waals surface area contributed by atoms with Gasteiger partial charge in [-0.3, -0.25) is 4.79 Å². The van der Waals surface area contributed by atoms with Crippen molar-refractivity contribution in [1.29, 1.82) is 0 Å². The number of halogens is 3. The van der Waals surface area contributed by atoms with Crippen molar-refractivity contribution >= 4 is 39.9 Å². The zero-order valence-corrected chi connectivity index (χ0v) is 16.7. The summed E-state index contributed by atoms with van der Waals surface area (Å²) in [6.45, 7) is 0.557. The quantitative estimate of drug-likeness (QED) is 0.706. The normalized spacial score (nSPS) is 25.0. The van der Waals surface area contributed by atoms with Crippen molar-refractivity contribution in [2.75, 3.05) is 25.1 Å². The highest BCUT2D eigenvalue weighted by atomic mass is 35.5. The van der Waals surface area contributed by atoms with Gasteiger partial charge in [-0.05, 0) is 6.07 Å². The Kier molecular flexibility index (Phi) is 5.15. The minimum Gasteiger partial charge on any atom is -0.477 e. The molecule has 1 unspecified atom stereocenters. The van der Waals surface area contributed by atoms with Crippen molar-refractivity contribution in [2.45, 2.75) is 31.1 Å². The first-order valence-electron chi connectivity index (χ1n) is 9.29. The number of nitrogens with two attached hydrogens (primary N) is 1. The number of carbonyl (C=O) groups is 1. The summed E-state index contributed by atoms with van der Waals surface area (Å²) in [5.41, 5.74) is 5.44. The molecular formula is C19H19ClF2N4O4. The Morgan fingerprint density at radius 3 is 2.73 bits per heavy atom. The molecule has 11 heteroatoms. The zero-order chi connectivity index (χ0) is 21.7. The molecule has 3 N–H and O–H groups in total. The number of oxime groups is 1. The highest BCUT2D eigenvalue weighted by Crippen LogP contribution is 2.44. The number of aromatic carboxylic acids is 1. The highest BCUT2D eigenvalue weighted by molar-refractivity contribution is 6.38. The molecule has 8 nitrogen and oxygen atoms in total. The van der Waals surface area contributed by atoms with Gasteiger partial charge < -0.3 is 25.1 Å². The third kappa shape index (κ3) is 3.29. The van der Waals surface area contributed by atoms with Crippen LogP contribution in [0.3, 0.4) is 0 Å². The van der Waals surface area contributed by atoms with Crippen molar-refractivity contribution in [2.24, 2.45) is 10.9 Å².